The number of ether oxygens (including phenoxy) is 2. The number of hydrogen-bond donors (Lipinski definition) is 2. The Balaban J connectivity index is 1.62. The SMILES string of the molecule is COc1cc(C(=O)NNC(=O)c2cccnc2)ccc1OCc1ccccc1. The zero-order valence-electron chi connectivity index (χ0n) is 15.2. The first kappa shape index (κ1) is 18.9. The van der Waals surface area contributed by atoms with Gasteiger partial charge in [0.2, 0.25) is 0 Å². The fourth-order valence-corrected chi connectivity index (χ4v) is 2.42. The van der Waals surface area contributed by atoms with Crippen molar-refractivity contribution in [1.29, 1.82) is 0 Å². The van der Waals surface area contributed by atoms with E-state index < -0.39 is 11.8 Å². The molecule has 0 aliphatic heterocycles. The van der Waals surface area contributed by atoms with Gasteiger partial charge < -0.3 is 9.47 Å². The van der Waals surface area contributed by atoms with Crippen molar-refractivity contribution < 1.29 is 19.1 Å². The van der Waals surface area contributed by atoms with E-state index in [1.54, 1.807) is 36.5 Å². The van der Waals surface area contributed by atoms with Gasteiger partial charge in [0.05, 0.1) is 12.7 Å². The number of rotatable bonds is 6. The van der Waals surface area contributed by atoms with Crippen LogP contribution < -0.4 is 20.3 Å². The summed E-state index contributed by atoms with van der Waals surface area (Å²) in [7, 11) is 1.50. The molecule has 0 aliphatic carbocycles. The van der Waals surface area contributed by atoms with E-state index in [1.165, 1.54) is 13.3 Å². The van der Waals surface area contributed by atoms with Crippen molar-refractivity contribution >= 4 is 11.8 Å². The van der Waals surface area contributed by atoms with Crippen molar-refractivity contribution in [3.8, 4) is 11.5 Å². The molecule has 0 atom stereocenters. The Bertz CT molecular complexity index is 946. The van der Waals surface area contributed by atoms with Gasteiger partial charge in [-0.3, -0.25) is 25.4 Å². The van der Waals surface area contributed by atoms with Gasteiger partial charge in [0, 0.05) is 18.0 Å². The van der Waals surface area contributed by atoms with Crippen LogP contribution in [0.4, 0.5) is 0 Å². The number of amides is 2. The predicted molar refractivity (Wildman–Crippen MR) is 103 cm³/mol. The van der Waals surface area contributed by atoms with Gasteiger partial charge in [0.15, 0.2) is 11.5 Å². The van der Waals surface area contributed by atoms with Crippen molar-refractivity contribution in [2.75, 3.05) is 7.11 Å². The number of carbonyl (C=O) groups excluding carboxylic acids is 2. The highest BCUT2D eigenvalue weighted by atomic mass is 16.5. The van der Waals surface area contributed by atoms with Crippen molar-refractivity contribution in [3.05, 3.63) is 89.7 Å². The number of carbonyl (C=O) groups is 2. The molecule has 0 saturated carbocycles. The molecule has 3 aromatic rings. The molecule has 2 aromatic carbocycles. The molecular weight excluding hydrogens is 358 g/mol. The summed E-state index contributed by atoms with van der Waals surface area (Å²) in [5, 5.41) is 0. The van der Waals surface area contributed by atoms with Gasteiger partial charge in [-0.2, -0.15) is 0 Å². The Labute approximate surface area is 162 Å². The van der Waals surface area contributed by atoms with E-state index in [2.05, 4.69) is 15.8 Å². The molecule has 0 aliphatic rings. The Morgan fingerprint density at radius 3 is 2.32 bits per heavy atom. The second-order valence-electron chi connectivity index (χ2n) is 5.79. The minimum absolute atomic E-state index is 0.315. The van der Waals surface area contributed by atoms with Crippen LogP contribution in [0.15, 0.2) is 73.1 Å². The Hall–Kier alpha value is -3.87. The Morgan fingerprint density at radius 1 is 0.893 bits per heavy atom. The third kappa shape index (κ3) is 4.85. The van der Waals surface area contributed by atoms with E-state index in [0.717, 1.165) is 5.56 Å². The van der Waals surface area contributed by atoms with Crippen molar-refractivity contribution in [3.63, 3.8) is 0 Å². The molecule has 0 unspecified atom stereocenters. The molecule has 2 amide bonds. The minimum atomic E-state index is -0.481. The van der Waals surface area contributed by atoms with Gasteiger partial charge in [0.1, 0.15) is 6.61 Å². The number of hydrazine groups is 1. The molecule has 0 saturated heterocycles. The maximum absolute atomic E-state index is 12.3. The maximum Gasteiger partial charge on any atom is 0.271 e. The molecule has 0 radical (unpaired) electrons. The largest absolute Gasteiger partial charge is 0.493 e. The number of benzene rings is 2. The summed E-state index contributed by atoms with van der Waals surface area (Å²) in [4.78, 5) is 28.1. The van der Waals surface area contributed by atoms with E-state index in [4.69, 9.17) is 9.47 Å². The van der Waals surface area contributed by atoms with E-state index in [9.17, 15) is 9.59 Å². The van der Waals surface area contributed by atoms with E-state index in [0.29, 0.717) is 29.2 Å². The number of nitrogens with zero attached hydrogens (tertiary/aromatic N) is 1. The summed E-state index contributed by atoms with van der Waals surface area (Å²) in [5.74, 6) is -0.00848. The molecule has 0 spiro atoms. The normalized spacial score (nSPS) is 10.0. The van der Waals surface area contributed by atoms with Crippen LogP contribution >= 0.6 is 0 Å². The standard InChI is InChI=1S/C21H19N3O4/c1-27-19-12-16(9-10-18(19)28-14-15-6-3-2-4-7-15)20(25)23-24-21(26)17-8-5-11-22-13-17/h2-13H,14H2,1H3,(H,23,25)(H,24,26). The molecule has 0 bridgehead atoms. The van der Waals surface area contributed by atoms with E-state index in [-0.39, 0.29) is 0 Å². The first-order chi connectivity index (χ1) is 13.7. The molecule has 1 aromatic heterocycles. The van der Waals surface area contributed by atoms with Gasteiger partial charge in [-0.25, -0.2) is 0 Å². The van der Waals surface area contributed by atoms with Gasteiger partial charge >= 0.3 is 0 Å². The molecule has 1 heterocycles. The third-order valence-electron chi connectivity index (χ3n) is 3.88. The quantitative estimate of drug-likeness (QED) is 0.645. The lowest BCUT2D eigenvalue weighted by Crippen LogP contribution is -2.41. The fraction of sp³-hybridized carbons (Fsp3) is 0.0952. The number of pyridine rings is 1. The van der Waals surface area contributed by atoms with Crippen LogP contribution in [0, 0.1) is 0 Å². The second-order valence-corrected chi connectivity index (χ2v) is 5.79. The van der Waals surface area contributed by atoms with Crippen molar-refractivity contribution in [2.45, 2.75) is 6.61 Å². The molecule has 142 valence electrons. The average molecular weight is 377 g/mol. The van der Waals surface area contributed by atoms with Crippen LogP contribution in [0.2, 0.25) is 0 Å². The van der Waals surface area contributed by atoms with Gasteiger partial charge in [0.25, 0.3) is 11.8 Å². The zero-order chi connectivity index (χ0) is 19.8. The summed E-state index contributed by atoms with van der Waals surface area (Å²) >= 11 is 0. The van der Waals surface area contributed by atoms with E-state index in [1.807, 2.05) is 30.3 Å². The summed E-state index contributed by atoms with van der Waals surface area (Å²) < 4.78 is 11.1. The minimum Gasteiger partial charge on any atom is -0.493 e. The number of nitrogens with one attached hydrogen (secondary N) is 2. The summed E-state index contributed by atoms with van der Waals surface area (Å²) in [5.41, 5.74) is 6.38. The Morgan fingerprint density at radius 2 is 1.64 bits per heavy atom. The lowest BCUT2D eigenvalue weighted by molar-refractivity contribution is 0.0846. The highest BCUT2D eigenvalue weighted by Gasteiger charge is 2.13. The first-order valence-corrected chi connectivity index (χ1v) is 8.53. The van der Waals surface area contributed by atoms with Crippen LogP contribution in [-0.4, -0.2) is 23.9 Å². The molecule has 7 heteroatoms. The number of aromatic nitrogens is 1. The van der Waals surface area contributed by atoms with Crippen LogP contribution in [0.5, 0.6) is 11.5 Å². The van der Waals surface area contributed by atoms with Crippen molar-refractivity contribution in [1.82, 2.24) is 15.8 Å². The summed E-state index contributed by atoms with van der Waals surface area (Å²) in [6.45, 7) is 0.379. The van der Waals surface area contributed by atoms with Crippen LogP contribution in [0.3, 0.4) is 0 Å². The summed E-state index contributed by atoms with van der Waals surface area (Å²) in [6, 6.07) is 17.7. The number of hydrogen-bond acceptors (Lipinski definition) is 5. The molecule has 7 nitrogen and oxygen atoms in total. The topological polar surface area (TPSA) is 89.6 Å². The first-order valence-electron chi connectivity index (χ1n) is 8.53. The van der Waals surface area contributed by atoms with Crippen LogP contribution in [-0.2, 0) is 6.61 Å². The van der Waals surface area contributed by atoms with Gasteiger partial charge in [-0.15, -0.1) is 0 Å². The molecule has 3 rings (SSSR count). The molecular formula is C21H19N3O4. The highest BCUT2D eigenvalue weighted by Crippen LogP contribution is 2.28. The van der Waals surface area contributed by atoms with Crippen LogP contribution in [0.1, 0.15) is 26.3 Å². The number of methoxy groups -OCH3 is 1. The van der Waals surface area contributed by atoms with Gasteiger partial charge in [-0.05, 0) is 35.9 Å². The second kappa shape index (κ2) is 9.18. The maximum atomic E-state index is 12.3. The van der Waals surface area contributed by atoms with Crippen molar-refractivity contribution in [2.24, 2.45) is 0 Å². The lowest BCUT2D eigenvalue weighted by atomic mass is 10.2. The monoisotopic (exact) mass is 377 g/mol. The predicted octanol–water partition coefficient (Wildman–Crippen LogP) is 2.74. The third-order valence-corrected chi connectivity index (χ3v) is 3.88. The summed E-state index contributed by atoms with van der Waals surface area (Å²) in [6.07, 6.45) is 2.96. The van der Waals surface area contributed by atoms with Gasteiger partial charge in [-0.1, -0.05) is 30.3 Å². The zero-order valence-corrected chi connectivity index (χ0v) is 15.2. The van der Waals surface area contributed by atoms with Crippen LogP contribution in [0.25, 0.3) is 0 Å². The molecule has 0 fully saturated rings. The van der Waals surface area contributed by atoms with E-state index >= 15 is 0 Å². The fourth-order valence-electron chi connectivity index (χ4n) is 2.42. The molecule has 28 heavy (non-hydrogen) atoms. The average Bonchev–Trinajstić information content (AvgIpc) is 2.77. The Kier molecular flexibility index (Phi) is 6.20. The molecule has 2 N–H and O–H groups in total. The lowest BCUT2D eigenvalue weighted by Gasteiger charge is -2.13. The highest BCUT2D eigenvalue weighted by molar-refractivity contribution is 5.99. The smallest absolute Gasteiger partial charge is 0.271 e.